The van der Waals surface area contributed by atoms with Gasteiger partial charge in [0.2, 0.25) is 0 Å². The fourth-order valence-electron chi connectivity index (χ4n) is 0.822. The number of aryl methyl sites for hydroxylation is 1. The summed E-state index contributed by atoms with van der Waals surface area (Å²) >= 11 is 1.59. The van der Waals surface area contributed by atoms with E-state index in [0.29, 0.717) is 0 Å². The first-order valence-corrected chi connectivity index (χ1v) is 5.05. The molecule has 1 aromatic carbocycles. The van der Waals surface area contributed by atoms with Crippen LogP contribution in [0.2, 0.25) is 0 Å². The van der Waals surface area contributed by atoms with E-state index in [9.17, 15) is 0 Å². The summed E-state index contributed by atoms with van der Waals surface area (Å²) in [6.07, 6.45) is 0. The van der Waals surface area contributed by atoms with Crippen molar-refractivity contribution in [2.45, 2.75) is 11.4 Å². The Morgan fingerprint density at radius 2 is 2.22 bits per heavy atom. The molecule has 1 rings (SSSR count). The third kappa shape index (κ3) is 2.01. The topological polar surface area (TPSA) is 0 Å². The predicted octanol–water partition coefficient (Wildman–Crippen LogP) is 1.66. The van der Waals surface area contributed by atoms with E-state index in [2.05, 4.69) is 31.2 Å². The van der Waals surface area contributed by atoms with Crippen molar-refractivity contribution in [2.75, 3.05) is 0 Å². The molecule has 0 fully saturated rings. The minimum atomic E-state index is 1.23. The van der Waals surface area contributed by atoms with Crippen molar-refractivity contribution in [3.63, 3.8) is 0 Å². The Morgan fingerprint density at radius 1 is 1.44 bits per heavy atom. The van der Waals surface area contributed by atoms with Crippen LogP contribution in [0.15, 0.2) is 24.3 Å². The van der Waals surface area contributed by atoms with E-state index in [4.69, 9.17) is 0 Å². The van der Waals surface area contributed by atoms with Crippen LogP contribution in [0.3, 0.4) is 0 Å². The quantitative estimate of drug-likeness (QED) is 0.636. The summed E-state index contributed by atoms with van der Waals surface area (Å²) in [5, 5.41) is 0. The van der Waals surface area contributed by atoms with Crippen LogP contribution in [0, 0.1) is 6.92 Å². The van der Waals surface area contributed by atoms with Crippen LogP contribution < -0.4 is 0 Å². The van der Waals surface area contributed by atoms with E-state index in [-0.39, 0.29) is 0 Å². The summed E-state index contributed by atoms with van der Waals surface area (Å²) in [6, 6.07) is 8.68. The van der Waals surface area contributed by atoms with Crippen LogP contribution in [0.5, 0.6) is 0 Å². The first-order chi connectivity index (χ1) is 4.33. The number of hydrogen-bond donors (Lipinski definition) is 0. The van der Waals surface area contributed by atoms with Gasteiger partial charge in [-0.3, -0.25) is 0 Å². The molecule has 0 heterocycles. The minimum absolute atomic E-state index is 1.23. The second-order valence-corrected chi connectivity index (χ2v) is 3.17. The summed E-state index contributed by atoms with van der Waals surface area (Å²) in [5.74, 6) is 0. The zero-order valence-corrected chi connectivity index (χ0v) is 8.37. The molecule has 0 spiro atoms. The number of hydrogen-bond acceptors (Lipinski definition) is 0. The van der Waals surface area contributed by atoms with Gasteiger partial charge in [-0.25, -0.2) is 0 Å². The number of benzene rings is 1. The molecule has 0 atom stereocenters. The van der Waals surface area contributed by atoms with Gasteiger partial charge in [-0.15, -0.1) is 0 Å². The van der Waals surface area contributed by atoms with E-state index in [0.717, 1.165) is 0 Å². The van der Waals surface area contributed by atoms with Crippen molar-refractivity contribution >= 4 is 22.5 Å². The molecule has 1 aromatic rings. The monoisotopic (exact) mass is 225 g/mol. The summed E-state index contributed by atoms with van der Waals surface area (Å²) in [7, 11) is 0. The third-order valence-corrected chi connectivity index (χ3v) is 2.45. The van der Waals surface area contributed by atoms with Crippen LogP contribution in [0.25, 0.3) is 0 Å². The maximum atomic E-state index is 2.24. The van der Waals surface area contributed by atoms with Gasteiger partial charge in [-0.05, 0) is 0 Å². The molecule has 0 unspecified atom stereocenters. The van der Waals surface area contributed by atoms with Gasteiger partial charge in [0.05, 0.1) is 0 Å². The zero-order chi connectivity index (χ0) is 6.69. The second kappa shape index (κ2) is 3.25. The SMILES string of the molecule is Cc1cccc([CH2][Sn])c1. The van der Waals surface area contributed by atoms with Gasteiger partial charge in [0.25, 0.3) is 0 Å². The molecule has 0 aliphatic rings. The summed E-state index contributed by atoms with van der Waals surface area (Å²) in [4.78, 5) is 0. The average Bonchev–Trinajstić information content (AvgIpc) is 1.88. The molecule has 0 N–H and O–H groups in total. The molecule has 0 aliphatic carbocycles. The van der Waals surface area contributed by atoms with Crippen LogP contribution >= 0.6 is 0 Å². The summed E-state index contributed by atoms with van der Waals surface area (Å²) in [6.45, 7) is 2.13. The van der Waals surface area contributed by atoms with Crippen LogP contribution in [0.4, 0.5) is 0 Å². The predicted molar refractivity (Wildman–Crippen MR) is 40.6 cm³/mol. The van der Waals surface area contributed by atoms with E-state index >= 15 is 0 Å². The maximum absolute atomic E-state index is 2.24. The van der Waals surface area contributed by atoms with E-state index in [1.807, 2.05) is 0 Å². The van der Waals surface area contributed by atoms with Crippen molar-refractivity contribution in [1.82, 2.24) is 0 Å². The average molecular weight is 224 g/mol. The Labute approximate surface area is 69.4 Å². The number of rotatable bonds is 1. The van der Waals surface area contributed by atoms with Crippen molar-refractivity contribution < 1.29 is 0 Å². The van der Waals surface area contributed by atoms with Crippen molar-refractivity contribution in [3.05, 3.63) is 35.4 Å². The first-order valence-electron chi connectivity index (χ1n) is 3.03. The van der Waals surface area contributed by atoms with Gasteiger partial charge in [0.15, 0.2) is 0 Å². The van der Waals surface area contributed by atoms with E-state index < -0.39 is 0 Å². The van der Waals surface area contributed by atoms with Gasteiger partial charge < -0.3 is 0 Å². The van der Waals surface area contributed by atoms with Crippen LogP contribution in [-0.2, 0) is 4.44 Å². The van der Waals surface area contributed by atoms with Crippen LogP contribution in [-0.4, -0.2) is 22.5 Å². The molecule has 9 heavy (non-hydrogen) atoms. The normalized spacial score (nSPS) is 9.56. The summed E-state index contributed by atoms with van der Waals surface area (Å²) in [5.41, 5.74) is 2.84. The summed E-state index contributed by atoms with van der Waals surface area (Å²) < 4.78 is 1.23. The Balaban J connectivity index is 2.94. The van der Waals surface area contributed by atoms with Gasteiger partial charge in [-0.1, -0.05) is 0 Å². The molecular formula is C8H9Sn. The molecule has 0 aliphatic heterocycles. The molecule has 0 saturated heterocycles. The zero-order valence-electron chi connectivity index (χ0n) is 5.52. The van der Waals surface area contributed by atoms with Gasteiger partial charge in [0.1, 0.15) is 0 Å². The second-order valence-electron chi connectivity index (χ2n) is 2.17. The first kappa shape index (κ1) is 7.13. The van der Waals surface area contributed by atoms with E-state index in [1.165, 1.54) is 15.6 Å². The molecule has 0 nitrogen and oxygen atoms in total. The molecule has 0 bridgehead atoms. The molecule has 1 heteroatoms. The molecular weight excluding hydrogens is 215 g/mol. The molecule has 45 valence electrons. The third-order valence-electron chi connectivity index (χ3n) is 1.29. The van der Waals surface area contributed by atoms with Crippen molar-refractivity contribution in [3.8, 4) is 0 Å². The van der Waals surface area contributed by atoms with Crippen molar-refractivity contribution in [1.29, 1.82) is 0 Å². The molecule has 0 aromatic heterocycles. The van der Waals surface area contributed by atoms with Gasteiger partial charge in [0, 0.05) is 0 Å². The fraction of sp³-hybridized carbons (Fsp3) is 0.250. The Morgan fingerprint density at radius 3 is 2.67 bits per heavy atom. The van der Waals surface area contributed by atoms with Gasteiger partial charge >= 0.3 is 69.3 Å². The Kier molecular flexibility index (Phi) is 2.58. The Hall–Kier alpha value is 0.0187. The fourth-order valence-corrected chi connectivity index (χ4v) is 1.45. The van der Waals surface area contributed by atoms with Crippen LogP contribution in [0.1, 0.15) is 11.1 Å². The van der Waals surface area contributed by atoms with Gasteiger partial charge in [-0.2, -0.15) is 0 Å². The van der Waals surface area contributed by atoms with E-state index in [1.54, 1.807) is 22.5 Å². The van der Waals surface area contributed by atoms with Crippen molar-refractivity contribution in [2.24, 2.45) is 0 Å². The molecule has 0 saturated carbocycles. The standard InChI is InChI=1S/C8H9.Sn/c1-7-4-3-5-8(2)6-7;/h3-6H,1H2,2H3;. The Bertz CT molecular complexity index is 194. The molecule has 0 amide bonds. The molecule has 3 radical (unpaired) electrons.